The van der Waals surface area contributed by atoms with E-state index in [4.69, 9.17) is 4.74 Å². The Bertz CT molecular complexity index is 1010. The van der Waals surface area contributed by atoms with Crippen molar-refractivity contribution in [2.75, 3.05) is 18.0 Å². The summed E-state index contributed by atoms with van der Waals surface area (Å²) in [5.74, 6) is -0.478. The molecule has 0 spiro atoms. The Morgan fingerprint density at radius 1 is 1.13 bits per heavy atom. The van der Waals surface area contributed by atoms with Crippen molar-refractivity contribution in [1.82, 2.24) is 19.8 Å². The molecule has 0 radical (unpaired) electrons. The third-order valence-corrected chi connectivity index (χ3v) is 5.51. The lowest BCUT2D eigenvalue weighted by Crippen LogP contribution is -2.58. The minimum Gasteiger partial charge on any atom is -0.455 e. The van der Waals surface area contributed by atoms with E-state index in [0.717, 1.165) is 16.9 Å². The van der Waals surface area contributed by atoms with Gasteiger partial charge in [0.1, 0.15) is 11.9 Å². The molecule has 0 saturated carbocycles. The lowest BCUT2D eigenvalue weighted by atomic mass is 10.1. The molecule has 1 aromatic heterocycles. The van der Waals surface area contributed by atoms with E-state index < -0.39 is 11.6 Å². The molecule has 0 aliphatic carbocycles. The Morgan fingerprint density at radius 3 is 2.45 bits per heavy atom. The standard InChI is InChI=1S/C23H31N5O3/c1-14-7-8-17-18(9-14)27(22(30)26-10-15(2)25-16(3)11-26)12-19-20(24-13-28(17)19)21(29)31-23(4,5)6/h7-9,13,15-16,25H,10-12H2,1-6H3/t15-,16-/m1/s1. The fraction of sp³-hybridized carbons (Fsp3) is 0.522. The SMILES string of the molecule is Cc1ccc2c(c1)N(C(=O)N1C[C@@H](C)N[C@H](C)C1)Cc1c(C(=O)OC(C)(C)C)ncn1-2. The summed E-state index contributed by atoms with van der Waals surface area (Å²) in [6.07, 6.45) is 1.64. The van der Waals surface area contributed by atoms with E-state index in [-0.39, 0.29) is 30.4 Å². The summed E-state index contributed by atoms with van der Waals surface area (Å²) in [5, 5.41) is 3.46. The summed E-state index contributed by atoms with van der Waals surface area (Å²) >= 11 is 0. The van der Waals surface area contributed by atoms with Crippen molar-refractivity contribution in [3.63, 3.8) is 0 Å². The highest BCUT2D eigenvalue weighted by Crippen LogP contribution is 2.35. The zero-order valence-electron chi connectivity index (χ0n) is 19.1. The molecule has 2 atom stereocenters. The zero-order chi connectivity index (χ0) is 22.5. The first kappa shape index (κ1) is 21.4. The number of hydrogen-bond acceptors (Lipinski definition) is 5. The first-order valence-corrected chi connectivity index (χ1v) is 10.8. The highest BCUT2D eigenvalue weighted by atomic mass is 16.6. The number of piperazine rings is 1. The molecular formula is C23H31N5O3. The Hall–Kier alpha value is -2.87. The number of hydrogen-bond donors (Lipinski definition) is 1. The van der Waals surface area contributed by atoms with Crippen LogP contribution in [0.25, 0.3) is 5.69 Å². The lowest BCUT2D eigenvalue weighted by molar-refractivity contribution is 0.00619. The van der Waals surface area contributed by atoms with Gasteiger partial charge >= 0.3 is 12.0 Å². The van der Waals surface area contributed by atoms with Crippen LogP contribution >= 0.6 is 0 Å². The Kier molecular flexibility index (Phi) is 5.29. The largest absolute Gasteiger partial charge is 0.455 e. The maximum absolute atomic E-state index is 13.6. The molecule has 1 fully saturated rings. The molecule has 2 aliphatic rings. The molecule has 2 amide bonds. The Balaban J connectivity index is 1.74. The van der Waals surface area contributed by atoms with E-state index in [2.05, 4.69) is 24.1 Å². The number of nitrogens with one attached hydrogen (secondary N) is 1. The summed E-state index contributed by atoms with van der Waals surface area (Å²) in [4.78, 5) is 34.5. The van der Waals surface area contributed by atoms with E-state index >= 15 is 0 Å². The summed E-state index contributed by atoms with van der Waals surface area (Å²) in [5.41, 5.74) is 3.01. The number of imidazole rings is 1. The quantitative estimate of drug-likeness (QED) is 0.710. The van der Waals surface area contributed by atoms with Crippen LogP contribution < -0.4 is 10.2 Å². The minimum atomic E-state index is -0.625. The van der Waals surface area contributed by atoms with E-state index in [1.165, 1.54) is 0 Å². The molecule has 2 aliphatic heterocycles. The molecule has 8 nitrogen and oxygen atoms in total. The van der Waals surface area contributed by atoms with Crippen LogP contribution in [0, 0.1) is 6.92 Å². The van der Waals surface area contributed by atoms with Gasteiger partial charge < -0.3 is 15.0 Å². The molecule has 31 heavy (non-hydrogen) atoms. The maximum atomic E-state index is 13.6. The third-order valence-electron chi connectivity index (χ3n) is 5.51. The summed E-state index contributed by atoms with van der Waals surface area (Å²) < 4.78 is 7.45. The van der Waals surface area contributed by atoms with Crippen LogP contribution in [0.15, 0.2) is 24.5 Å². The van der Waals surface area contributed by atoms with Crippen molar-refractivity contribution in [2.45, 2.75) is 65.8 Å². The van der Waals surface area contributed by atoms with Crippen LogP contribution in [0.3, 0.4) is 0 Å². The summed E-state index contributed by atoms with van der Waals surface area (Å²) in [7, 11) is 0. The zero-order valence-corrected chi connectivity index (χ0v) is 19.1. The third kappa shape index (κ3) is 4.17. The monoisotopic (exact) mass is 425 g/mol. The minimum absolute atomic E-state index is 0.0605. The molecule has 1 aromatic carbocycles. The number of ether oxygens (including phenoxy) is 1. The van der Waals surface area contributed by atoms with Crippen molar-refractivity contribution < 1.29 is 14.3 Å². The van der Waals surface area contributed by atoms with Crippen molar-refractivity contribution >= 4 is 17.7 Å². The number of nitrogens with zero attached hydrogens (tertiary/aromatic N) is 4. The van der Waals surface area contributed by atoms with E-state index in [1.54, 1.807) is 11.2 Å². The van der Waals surface area contributed by atoms with E-state index in [1.807, 2.05) is 55.4 Å². The van der Waals surface area contributed by atoms with Crippen LogP contribution in [0.4, 0.5) is 10.5 Å². The molecule has 3 heterocycles. The van der Waals surface area contributed by atoms with Gasteiger partial charge in [-0.1, -0.05) is 6.07 Å². The summed E-state index contributed by atoms with van der Waals surface area (Å²) in [6.45, 7) is 13.2. The number of anilines is 1. The number of rotatable bonds is 1. The molecule has 1 N–H and O–H groups in total. The molecule has 0 unspecified atom stereocenters. The van der Waals surface area contributed by atoms with Gasteiger partial charge in [0.2, 0.25) is 0 Å². The van der Waals surface area contributed by atoms with Crippen LogP contribution in [-0.4, -0.2) is 57.2 Å². The predicted molar refractivity (Wildman–Crippen MR) is 119 cm³/mol. The van der Waals surface area contributed by atoms with Crippen LogP contribution in [0.5, 0.6) is 0 Å². The topological polar surface area (TPSA) is 79.7 Å². The van der Waals surface area contributed by atoms with Gasteiger partial charge in [0.25, 0.3) is 0 Å². The number of fused-ring (bicyclic) bond motifs is 3. The molecule has 8 heteroatoms. The summed E-state index contributed by atoms with van der Waals surface area (Å²) in [6, 6.07) is 6.36. The van der Waals surface area contributed by atoms with Gasteiger partial charge in [0.05, 0.1) is 23.6 Å². The second kappa shape index (κ2) is 7.67. The van der Waals surface area contributed by atoms with Gasteiger partial charge in [-0.15, -0.1) is 0 Å². The van der Waals surface area contributed by atoms with Crippen molar-refractivity contribution in [3.05, 3.63) is 41.5 Å². The number of aryl methyl sites for hydroxylation is 1. The van der Waals surface area contributed by atoms with E-state index in [9.17, 15) is 9.59 Å². The van der Waals surface area contributed by atoms with Gasteiger partial charge in [-0.25, -0.2) is 14.6 Å². The number of benzene rings is 1. The molecule has 2 aromatic rings. The number of aromatic nitrogens is 2. The molecule has 4 rings (SSSR count). The molecular weight excluding hydrogens is 394 g/mol. The van der Waals surface area contributed by atoms with Crippen LogP contribution in [0.2, 0.25) is 0 Å². The fourth-order valence-electron chi connectivity index (χ4n) is 4.34. The predicted octanol–water partition coefficient (Wildman–Crippen LogP) is 3.26. The smallest absolute Gasteiger partial charge is 0.359 e. The van der Waals surface area contributed by atoms with Gasteiger partial charge in [0, 0.05) is 25.2 Å². The molecule has 1 saturated heterocycles. The highest BCUT2D eigenvalue weighted by molar-refractivity contribution is 5.97. The first-order valence-electron chi connectivity index (χ1n) is 10.8. The number of amides is 2. The Morgan fingerprint density at radius 2 is 1.81 bits per heavy atom. The van der Waals surface area contributed by atoms with Gasteiger partial charge in [-0.05, 0) is 59.2 Å². The molecule has 0 bridgehead atoms. The van der Waals surface area contributed by atoms with E-state index in [0.29, 0.717) is 18.8 Å². The van der Waals surface area contributed by atoms with Gasteiger partial charge in [-0.2, -0.15) is 0 Å². The number of urea groups is 1. The number of carbonyl (C=O) groups is 2. The van der Waals surface area contributed by atoms with Crippen molar-refractivity contribution in [3.8, 4) is 5.69 Å². The van der Waals surface area contributed by atoms with Gasteiger partial charge in [0.15, 0.2) is 5.69 Å². The average molecular weight is 426 g/mol. The van der Waals surface area contributed by atoms with Gasteiger partial charge in [-0.3, -0.25) is 9.47 Å². The molecule has 166 valence electrons. The highest BCUT2D eigenvalue weighted by Gasteiger charge is 2.36. The second-order valence-corrected chi connectivity index (χ2v) is 9.65. The Labute approximate surface area is 183 Å². The van der Waals surface area contributed by atoms with Crippen molar-refractivity contribution in [1.29, 1.82) is 0 Å². The van der Waals surface area contributed by atoms with Crippen molar-refractivity contribution in [2.24, 2.45) is 0 Å². The fourth-order valence-corrected chi connectivity index (χ4v) is 4.34. The number of carbonyl (C=O) groups excluding carboxylic acids is 2. The second-order valence-electron chi connectivity index (χ2n) is 9.65. The number of esters is 1. The first-order chi connectivity index (χ1) is 14.5. The average Bonchev–Trinajstić information content (AvgIpc) is 3.08. The maximum Gasteiger partial charge on any atom is 0.359 e. The normalized spacial score (nSPS) is 20.8. The lowest BCUT2D eigenvalue weighted by Gasteiger charge is -2.40. The van der Waals surface area contributed by atoms with Crippen LogP contribution in [-0.2, 0) is 11.3 Å². The van der Waals surface area contributed by atoms with Crippen LogP contribution in [0.1, 0.15) is 56.4 Å².